The van der Waals surface area contributed by atoms with Gasteiger partial charge in [0.25, 0.3) is 0 Å². The molecule has 0 aliphatic carbocycles. The number of rotatable bonds is 3. The lowest BCUT2D eigenvalue weighted by Gasteiger charge is -2.30. The molecule has 1 amide bonds. The SMILES string of the molecule is CCNC(C)(C)C(=O)N1CCc2ccc(F)cc21. The normalized spacial score (nSPS) is 14.8. The smallest absolute Gasteiger partial charge is 0.246 e. The topological polar surface area (TPSA) is 32.3 Å². The molecule has 0 unspecified atom stereocenters. The summed E-state index contributed by atoms with van der Waals surface area (Å²) in [5.41, 5.74) is 1.13. The molecule has 0 saturated heterocycles. The highest BCUT2D eigenvalue weighted by atomic mass is 19.1. The molecule has 3 nitrogen and oxygen atoms in total. The van der Waals surface area contributed by atoms with Crippen LogP contribution in [0.3, 0.4) is 0 Å². The third-order valence-corrected chi connectivity index (χ3v) is 3.34. The van der Waals surface area contributed by atoms with Gasteiger partial charge in [0.05, 0.1) is 5.54 Å². The summed E-state index contributed by atoms with van der Waals surface area (Å²) >= 11 is 0. The first-order chi connectivity index (χ1) is 8.45. The number of benzene rings is 1. The number of halogens is 1. The molecule has 1 N–H and O–H groups in total. The van der Waals surface area contributed by atoms with E-state index >= 15 is 0 Å². The van der Waals surface area contributed by atoms with Crippen LogP contribution in [0.5, 0.6) is 0 Å². The lowest BCUT2D eigenvalue weighted by atomic mass is 10.0. The third-order valence-electron chi connectivity index (χ3n) is 3.34. The van der Waals surface area contributed by atoms with Crippen molar-refractivity contribution in [1.29, 1.82) is 0 Å². The number of anilines is 1. The molecule has 1 aromatic rings. The minimum Gasteiger partial charge on any atom is -0.310 e. The number of hydrogen-bond donors (Lipinski definition) is 1. The second-order valence-electron chi connectivity index (χ2n) is 5.14. The molecule has 98 valence electrons. The molecule has 1 aliphatic rings. The maximum atomic E-state index is 13.3. The Labute approximate surface area is 107 Å². The van der Waals surface area contributed by atoms with Gasteiger partial charge in [0.1, 0.15) is 5.82 Å². The first-order valence-electron chi connectivity index (χ1n) is 6.31. The summed E-state index contributed by atoms with van der Waals surface area (Å²) in [5, 5.41) is 3.16. The van der Waals surface area contributed by atoms with E-state index in [9.17, 15) is 9.18 Å². The van der Waals surface area contributed by atoms with Crippen molar-refractivity contribution in [3.05, 3.63) is 29.6 Å². The highest BCUT2D eigenvalue weighted by molar-refractivity contribution is 6.01. The molecule has 1 heterocycles. The molecule has 1 aliphatic heterocycles. The molecule has 0 aromatic heterocycles. The fraction of sp³-hybridized carbons (Fsp3) is 0.500. The molecular weight excluding hydrogens is 231 g/mol. The first-order valence-corrected chi connectivity index (χ1v) is 6.31. The molecule has 2 rings (SSSR count). The quantitative estimate of drug-likeness (QED) is 0.891. The highest BCUT2D eigenvalue weighted by Gasteiger charge is 2.35. The van der Waals surface area contributed by atoms with Crippen LogP contribution in [0.15, 0.2) is 18.2 Å². The monoisotopic (exact) mass is 250 g/mol. The van der Waals surface area contributed by atoms with E-state index in [-0.39, 0.29) is 11.7 Å². The summed E-state index contributed by atoms with van der Waals surface area (Å²) in [4.78, 5) is 14.2. The van der Waals surface area contributed by atoms with Crippen molar-refractivity contribution < 1.29 is 9.18 Å². The summed E-state index contributed by atoms with van der Waals surface area (Å²) in [6, 6.07) is 4.66. The van der Waals surface area contributed by atoms with Gasteiger partial charge < -0.3 is 10.2 Å². The number of fused-ring (bicyclic) bond motifs is 1. The van der Waals surface area contributed by atoms with Crippen molar-refractivity contribution in [3.8, 4) is 0 Å². The number of nitrogens with zero attached hydrogens (tertiary/aromatic N) is 1. The Morgan fingerprint density at radius 3 is 2.89 bits per heavy atom. The number of hydrogen-bond acceptors (Lipinski definition) is 2. The molecule has 0 atom stereocenters. The van der Waals surface area contributed by atoms with Gasteiger partial charge in [-0.05, 0) is 44.5 Å². The third kappa shape index (κ3) is 2.25. The van der Waals surface area contributed by atoms with E-state index in [1.165, 1.54) is 12.1 Å². The van der Waals surface area contributed by atoms with Crippen LogP contribution in [0.1, 0.15) is 26.3 Å². The van der Waals surface area contributed by atoms with Crippen LogP contribution in [-0.4, -0.2) is 24.5 Å². The Kier molecular flexibility index (Phi) is 3.39. The fourth-order valence-electron chi connectivity index (χ4n) is 2.42. The van der Waals surface area contributed by atoms with E-state index in [2.05, 4.69) is 5.32 Å². The van der Waals surface area contributed by atoms with E-state index in [1.54, 1.807) is 11.0 Å². The van der Waals surface area contributed by atoms with Crippen LogP contribution in [-0.2, 0) is 11.2 Å². The Bertz CT molecular complexity index is 471. The van der Waals surface area contributed by atoms with E-state index in [0.717, 1.165) is 18.5 Å². The predicted octanol–water partition coefficient (Wildman–Crippen LogP) is 2.10. The zero-order valence-corrected chi connectivity index (χ0v) is 11.1. The summed E-state index contributed by atoms with van der Waals surface area (Å²) in [7, 11) is 0. The standard InChI is InChI=1S/C14H19FN2O/c1-4-16-14(2,3)13(18)17-8-7-10-5-6-11(15)9-12(10)17/h5-6,9,16H,4,7-8H2,1-3H3. The minimum absolute atomic E-state index is 0.00583. The number of carbonyl (C=O) groups excluding carboxylic acids is 1. The summed E-state index contributed by atoms with van der Waals surface area (Å²) < 4.78 is 13.3. The lowest BCUT2D eigenvalue weighted by Crippen LogP contribution is -2.53. The van der Waals surface area contributed by atoms with E-state index in [4.69, 9.17) is 0 Å². The maximum Gasteiger partial charge on any atom is 0.246 e. The zero-order valence-electron chi connectivity index (χ0n) is 11.1. The van der Waals surface area contributed by atoms with Gasteiger partial charge in [-0.3, -0.25) is 4.79 Å². The van der Waals surface area contributed by atoms with Gasteiger partial charge >= 0.3 is 0 Å². The molecule has 0 bridgehead atoms. The number of likely N-dealkylation sites (N-methyl/N-ethyl adjacent to an activating group) is 1. The van der Waals surface area contributed by atoms with Crippen molar-refractivity contribution >= 4 is 11.6 Å². The van der Waals surface area contributed by atoms with Gasteiger partial charge in [0.2, 0.25) is 5.91 Å². The van der Waals surface area contributed by atoms with E-state index < -0.39 is 5.54 Å². The van der Waals surface area contributed by atoms with Gasteiger partial charge in [-0.1, -0.05) is 13.0 Å². The van der Waals surface area contributed by atoms with Crippen LogP contribution < -0.4 is 10.2 Å². The Balaban J connectivity index is 2.28. The van der Waals surface area contributed by atoms with Crippen LogP contribution in [0, 0.1) is 5.82 Å². The summed E-state index contributed by atoms with van der Waals surface area (Å²) in [5.74, 6) is -0.302. The van der Waals surface area contributed by atoms with Crippen molar-refractivity contribution in [2.75, 3.05) is 18.0 Å². The number of amides is 1. The second-order valence-corrected chi connectivity index (χ2v) is 5.14. The van der Waals surface area contributed by atoms with Crippen molar-refractivity contribution in [1.82, 2.24) is 5.32 Å². The van der Waals surface area contributed by atoms with Crippen molar-refractivity contribution in [2.45, 2.75) is 32.7 Å². The molecule has 0 saturated carbocycles. The molecule has 0 radical (unpaired) electrons. The summed E-state index contributed by atoms with van der Waals surface area (Å²) in [6.07, 6.45) is 0.795. The second kappa shape index (κ2) is 4.69. The molecular formula is C14H19FN2O. The van der Waals surface area contributed by atoms with Crippen LogP contribution >= 0.6 is 0 Å². The van der Waals surface area contributed by atoms with Gasteiger partial charge in [0, 0.05) is 12.2 Å². The van der Waals surface area contributed by atoms with Gasteiger partial charge in [-0.2, -0.15) is 0 Å². The molecule has 0 spiro atoms. The Hall–Kier alpha value is -1.42. The predicted molar refractivity (Wildman–Crippen MR) is 70.2 cm³/mol. The van der Waals surface area contributed by atoms with Crippen molar-refractivity contribution in [3.63, 3.8) is 0 Å². The first kappa shape index (κ1) is 13.0. The van der Waals surface area contributed by atoms with Gasteiger partial charge in [-0.15, -0.1) is 0 Å². The zero-order chi connectivity index (χ0) is 13.3. The van der Waals surface area contributed by atoms with Crippen molar-refractivity contribution in [2.24, 2.45) is 0 Å². The average molecular weight is 250 g/mol. The minimum atomic E-state index is -0.622. The Morgan fingerprint density at radius 1 is 1.50 bits per heavy atom. The molecule has 0 fully saturated rings. The van der Waals surface area contributed by atoms with Crippen LogP contribution in [0.2, 0.25) is 0 Å². The number of carbonyl (C=O) groups is 1. The fourth-order valence-corrected chi connectivity index (χ4v) is 2.42. The van der Waals surface area contributed by atoms with Gasteiger partial charge in [0.15, 0.2) is 0 Å². The van der Waals surface area contributed by atoms with Gasteiger partial charge in [-0.25, -0.2) is 4.39 Å². The maximum absolute atomic E-state index is 13.3. The van der Waals surface area contributed by atoms with E-state index in [0.29, 0.717) is 12.2 Å². The molecule has 18 heavy (non-hydrogen) atoms. The van der Waals surface area contributed by atoms with Crippen LogP contribution in [0.25, 0.3) is 0 Å². The average Bonchev–Trinajstić information content (AvgIpc) is 2.70. The lowest BCUT2D eigenvalue weighted by molar-refractivity contribution is -0.123. The molecule has 4 heteroatoms. The largest absolute Gasteiger partial charge is 0.310 e. The summed E-state index contributed by atoms with van der Waals surface area (Å²) in [6.45, 7) is 7.04. The molecule has 1 aromatic carbocycles. The highest BCUT2D eigenvalue weighted by Crippen LogP contribution is 2.30. The number of nitrogens with one attached hydrogen (secondary N) is 1. The van der Waals surface area contributed by atoms with Crippen LogP contribution in [0.4, 0.5) is 10.1 Å². The Morgan fingerprint density at radius 2 is 2.22 bits per heavy atom. The van der Waals surface area contributed by atoms with E-state index in [1.807, 2.05) is 20.8 Å².